The molecule has 2 aromatic carbocycles. The minimum absolute atomic E-state index is 0.0424. The van der Waals surface area contributed by atoms with Gasteiger partial charge < -0.3 is 9.64 Å². The number of anilines is 1. The molecule has 0 bridgehead atoms. The molecule has 150 valence electrons. The summed E-state index contributed by atoms with van der Waals surface area (Å²) in [4.78, 5) is 15.0. The van der Waals surface area contributed by atoms with Crippen molar-refractivity contribution in [3.63, 3.8) is 0 Å². The topological polar surface area (TPSA) is 63.7 Å². The van der Waals surface area contributed by atoms with Crippen LogP contribution in [0.1, 0.15) is 31.7 Å². The average Bonchev–Trinajstić information content (AvgIpc) is 3.53. The zero-order valence-corrected chi connectivity index (χ0v) is 17.4. The Morgan fingerprint density at radius 2 is 1.71 bits per heavy atom. The molecule has 1 unspecified atom stereocenters. The second kappa shape index (κ2) is 8.35. The Labute approximate surface area is 167 Å². The van der Waals surface area contributed by atoms with Gasteiger partial charge in [-0.3, -0.25) is 4.79 Å². The zero-order chi connectivity index (χ0) is 20.3. The van der Waals surface area contributed by atoms with E-state index in [1.807, 2.05) is 38.1 Å². The van der Waals surface area contributed by atoms with Gasteiger partial charge in [-0.2, -0.15) is 0 Å². The van der Waals surface area contributed by atoms with Crippen molar-refractivity contribution in [1.82, 2.24) is 0 Å². The molecule has 1 aliphatic carbocycles. The third-order valence-corrected chi connectivity index (χ3v) is 7.03. The van der Waals surface area contributed by atoms with Gasteiger partial charge in [0.05, 0.1) is 17.8 Å². The molecular formula is C22H27NO4S. The summed E-state index contributed by atoms with van der Waals surface area (Å²) in [6.45, 7) is 3.94. The number of hydrogen-bond donors (Lipinski definition) is 0. The van der Waals surface area contributed by atoms with Crippen LogP contribution in [0.4, 0.5) is 5.69 Å². The number of hydrogen-bond acceptors (Lipinski definition) is 4. The minimum atomic E-state index is -3.50. The number of sulfone groups is 1. The first-order chi connectivity index (χ1) is 13.3. The SMILES string of the molecule is COc1ccc(N(C(=O)CCS(=O)(=O)c2ccc(C)cc2)C(C)C2CC2)cc1. The summed E-state index contributed by atoms with van der Waals surface area (Å²) in [5.41, 5.74) is 1.77. The number of benzene rings is 2. The molecule has 28 heavy (non-hydrogen) atoms. The van der Waals surface area contributed by atoms with Crippen LogP contribution in [0.5, 0.6) is 5.75 Å². The fraction of sp³-hybridized carbons (Fsp3) is 0.409. The van der Waals surface area contributed by atoms with Crippen LogP contribution in [0.25, 0.3) is 0 Å². The van der Waals surface area contributed by atoms with Gasteiger partial charge in [-0.1, -0.05) is 17.7 Å². The van der Waals surface area contributed by atoms with Crippen molar-refractivity contribution < 1.29 is 17.9 Å². The van der Waals surface area contributed by atoms with Gasteiger partial charge >= 0.3 is 0 Å². The maximum atomic E-state index is 13.0. The van der Waals surface area contributed by atoms with Gasteiger partial charge in [-0.05, 0) is 69.0 Å². The van der Waals surface area contributed by atoms with Crippen LogP contribution in [0.2, 0.25) is 0 Å². The van der Waals surface area contributed by atoms with Crippen LogP contribution >= 0.6 is 0 Å². The van der Waals surface area contributed by atoms with E-state index in [0.29, 0.717) is 5.92 Å². The van der Waals surface area contributed by atoms with Crippen molar-refractivity contribution in [3.8, 4) is 5.75 Å². The molecule has 1 atom stereocenters. The minimum Gasteiger partial charge on any atom is -0.497 e. The van der Waals surface area contributed by atoms with Crippen LogP contribution in [-0.4, -0.2) is 33.2 Å². The van der Waals surface area contributed by atoms with E-state index in [9.17, 15) is 13.2 Å². The van der Waals surface area contributed by atoms with E-state index in [-0.39, 0.29) is 29.0 Å². The van der Waals surface area contributed by atoms with Crippen LogP contribution in [0.3, 0.4) is 0 Å². The summed E-state index contributed by atoms with van der Waals surface area (Å²) in [6.07, 6.45) is 2.16. The van der Waals surface area contributed by atoms with E-state index in [4.69, 9.17) is 4.74 Å². The van der Waals surface area contributed by atoms with E-state index >= 15 is 0 Å². The van der Waals surface area contributed by atoms with Crippen molar-refractivity contribution in [3.05, 3.63) is 54.1 Å². The molecule has 0 N–H and O–H groups in total. The maximum Gasteiger partial charge on any atom is 0.228 e. The van der Waals surface area contributed by atoms with Crippen molar-refractivity contribution in [2.24, 2.45) is 5.92 Å². The molecule has 5 nitrogen and oxygen atoms in total. The smallest absolute Gasteiger partial charge is 0.228 e. The molecule has 1 amide bonds. The lowest BCUT2D eigenvalue weighted by Gasteiger charge is -2.30. The van der Waals surface area contributed by atoms with E-state index in [2.05, 4.69) is 0 Å². The fourth-order valence-electron chi connectivity index (χ4n) is 3.34. The molecule has 0 spiro atoms. The molecule has 0 radical (unpaired) electrons. The van der Waals surface area contributed by atoms with Crippen LogP contribution < -0.4 is 9.64 Å². The number of amides is 1. The van der Waals surface area contributed by atoms with Crippen LogP contribution in [-0.2, 0) is 14.6 Å². The highest BCUT2D eigenvalue weighted by atomic mass is 32.2. The molecule has 1 saturated carbocycles. The Hall–Kier alpha value is -2.34. The zero-order valence-electron chi connectivity index (χ0n) is 16.6. The number of rotatable bonds is 8. The first kappa shape index (κ1) is 20.4. The molecule has 1 aliphatic rings. The molecule has 3 rings (SSSR count). The lowest BCUT2D eigenvalue weighted by molar-refractivity contribution is -0.118. The second-order valence-corrected chi connectivity index (χ2v) is 9.53. The summed E-state index contributed by atoms with van der Waals surface area (Å²) in [5, 5.41) is 0. The molecule has 0 saturated heterocycles. The van der Waals surface area contributed by atoms with E-state index in [1.165, 1.54) is 0 Å². The standard InChI is InChI=1S/C22H27NO4S/c1-16-4-12-21(13-5-16)28(25,26)15-14-22(24)23(17(2)18-6-7-18)19-8-10-20(27-3)11-9-19/h4-5,8-13,17-18H,6-7,14-15H2,1-3H3. The Morgan fingerprint density at radius 1 is 1.11 bits per heavy atom. The van der Waals surface area contributed by atoms with Crippen molar-refractivity contribution in [1.29, 1.82) is 0 Å². The highest BCUT2D eigenvalue weighted by molar-refractivity contribution is 7.91. The summed E-state index contributed by atoms with van der Waals surface area (Å²) in [6, 6.07) is 14.1. The van der Waals surface area contributed by atoms with Gasteiger partial charge in [-0.15, -0.1) is 0 Å². The third kappa shape index (κ3) is 4.73. The van der Waals surface area contributed by atoms with Gasteiger partial charge in [0.15, 0.2) is 9.84 Å². The number of methoxy groups -OCH3 is 1. The van der Waals surface area contributed by atoms with Crippen LogP contribution in [0, 0.1) is 12.8 Å². The van der Waals surface area contributed by atoms with E-state index < -0.39 is 9.84 Å². The molecule has 2 aromatic rings. The molecule has 6 heteroatoms. The monoisotopic (exact) mass is 401 g/mol. The number of ether oxygens (including phenoxy) is 1. The number of nitrogens with zero attached hydrogens (tertiary/aromatic N) is 1. The van der Waals surface area contributed by atoms with Gasteiger partial charge in [-0.25, -0.2) is 8.42 Å². The summed E-state index contributed by atoms with van der Waals surface area (Å²) in [5.74, 6) is 0.830. The molecule has 1 fully saturated rings. The highest BCUT2D eigenvalue weighted by Crippen LogP contribution is 2.37. The summed E-state index contributed by atoms with van der Waals surface area (Å²) >= 11 is 0. The van der Waals surface area contributed by atoms with Gasteiger partial charge in [0.2, 0.25) is 5.91 Å². The molecular weight excluding hydrogens is 374 g/mol. The predicted molar refractivity (Wildman–Crippen MR) is 111 cm³/mol. The predicted octanol–water partition coefficient (Wildman–Crippen LogP) is 4.00. The second-order valence-electron chi connectivity index (χ2n) is 7.42. The first-order valence-electron chi connectivity index (χ1n) is 9.57. The average molecular weight is 402 g/mol. The Morgan fingerprint density at radius 3 is 2.25 bits per heavy atom. The quantitative estimate of drug-likeness (QED) is 0.671. The molecule has 0 aromatic heterocycles. The van der Waals surface area contributed by atoms with Crippen LogP contribution in [0.15, 0.2) is 53.4 Å². The number of aryl methyl sites for hydroxylation is 1. The Bertz CT molecular complexity index is 916. The van der Waals surface area contributed by atoms with Gasteiger partial charge in [0.25, 0.3) is 0 Å². The van der Waals surface area contributed by atoms with Crippen molar-refractivity contribution >= 4 is 21.4 Å². The Balaban J connectivity index is 1.76. The summed E-state index contributed by atoms with van der Waals surface area (Å²) in [7, 11) is -1.90. The maximum absolute atomic E-state index is 13.0. The Kier molecular flexibility index (Phi) is 6.08. The molecule has 0 aliphatic heterocycles. The highest BCUT2D eigenvalue weighted by Gasteiger charge is 2.35. The van der Waals surface area contributed by atoms with Crippen molar-refractivity contribution in [2.75, 3.05) is 17.8 Å². The first-order valence-corrected chi connectivity index (χ1v) is 11.2. The fourth-order valence-corrected chi connectivity index (χ4v) is 4.57. The lowest BCUT2D eigenvalue weighted by Crippen LogP contribution is -2.40. The van der Waals surface area contributed by atoms with Crippen molar-refractivity contribution in [2.45, 2.75) is 44.0 Å². The van der Waals surface area contributed by atoms with E-state index in [1.54, 1.807) is 36.3 Å². The normalized spacial score (nSPS) is 15.1. The van der Waals surface area contributed by atoms with E-state index in [0.717, 1.165) is 29.8 Å². The van der Waals surface area contributed by atoms with Gasteiger partial charge in [0, 0.05) is 18.2 Å². The number of carbonyl (C=O) groups excluding carboxylic acids is 1. The largest absolute Gasteiger partial charge is 0.497 e. The number of carbonyl (C=O) groups is 1. The third-order valence-electron chi connectivity index (χ3n) is 5.30. The molecule has 0 heterocycles. The summed E-state index contributed by atoms with van der Waals surface area (Å²) < 4.78 is 30.4. The van der Waals surface area contributed by atoms with Gasteiger partial charge in [0.1, 0.15) is 5.75 Å². The lowest BCUT2D eigenvalue weighted by atomic mass is 10.1.